The van der Waals surface area contributed by atoms with Gasteiger partial charge < -0.3 is 14.5 Å². The zero-order valence-electron chi connectivity index (χ0n) is 11.3. The minimum atomic E-state index is 0.157. The number of methoxy groups -OCH3 is 1. The molecule has 2 fully saturated rings. The van der Waals surface area contributed by atoms with Gasteiger partial charge in [-0.25, -0.2) is 0 Å². The molecule has 5 heteroatoms. The third kappa shape index (κ3) is 3.87. The fraction of sp³-hybridized carbons (Fsp3) is 0.923. The standard InChI is InChI=1S/C13H24N2O2S/c1-17-10-13(16)15-7-4-8-18-11-12(15)9-14-5-2-3-6-14/h12H,2-11H2,1H3. The maximum Gasteiger partial charge on any atom is 0.248 e. The number of hydrogen-bond donors (Lipinski definition) is 0. The van der Waals surface area contributed by atoms with E-state index in [9.17, 15) is 4.79 Å². The van der Waals surface area contributed by atoms with Crippen molar-refractivity contribution < 1.29 is 9.53 Å². The van der Waals surface area contributed by atoms with Crippen molar-refractivity contribution in [2.45, 2.75) is 25.3 Å². The van der Waals surface area contributed by atoms with Crippen molar-refractivity contribution >= 4 is 17.7 Å². The first-order valence-corrected chi connectivity index (χ1v) is 8.05. The lowest BCUT2D eigenvalue weighted by Crippen LogP contribution is -2.48. The number of hydrogen-bond acceptors (Lipinski definition) is 4. The fourth-order valence-electron chi connectivity index (χ4n) is 2.78. The van der Waals surface area contributed by atoms with Crippen LogP contribution in [0, 0.1) is 0 Å². The van der Waals surface area contributed by atoms with E-state index in [-0.39, 0.29) is 12.5 Å². The van der Waals surface area contributed by atoms with Crippen LogP contribution in [-0.4, -0.2) is 73.2 Å². The monoisotopic (exact) mass is 272 g/mol. The molecule has 2 aliphatic rings. The Labute approximate surface area is 114 Å². The molecular weight excluding hydrogens is 248 g/mol. The van der Waals surface area contributed by atoms with Gasteiger partial charge in [-0.05, 0) is 38.1 Å². The maximum absolute atomic E-state index is 12.1. The van der Waals surface area contributed by atoms with Crippen LogP contribution >= 0.6 is 11.8 Å². The van der Waals surface area contributed by atoms with Gasteiger partial charge in [0.1, 0.15) is 6.61 Å². The highest BCUT2D eigenvalue weighted by Crippen LogP contribution is 2.19. The van der Waals surface area contributed by atoms with E-state index in [1.807, 2.05) is 11.8 Å². The average molecular weight is 272 g/mol. The van der Waals surface area contributed by atoms with Gasteiger partial charge in [0.15, 0.2) is 0 Å². The number of carbonyl (C=O) groups is 1. The van der Waals surface area contributed by atoms with Gasteiger partial charge in [-0.2, -0.15) is 11.8 Å². The molecule has 0 saturated carbocycles. The Morgan fingerprint density at radius 3 is 2.78 bits per heavy atom. The average Bonchev–Trinajstić information content (AvgIpc) is 2.74. The summed E-state index contributed by atoms with van der Waals surface area (Å²) >= 11 is 1.99. The molecule has 2 rings (SSSR count). The van der Waals surface area contributed by atoms with Crippen molar-refractivity contribution in [1.82, 2.24) is 9.80 Å². The third-order valence-electron chi connectivity index (χ3n) is 3.69. The predicted molar refractivity (Wildman–Crippen MR) is 75.0 cm³/mol. The molecule has 104 valence electrons. The second kappa shape index (κ2) is 7.36. The summed E-state index contributed by atoms with van der Waals surface area (Å²) in [6.07, 6.45) is 3.73. The second-order valence-electron chi connectivity index (χ2n) is 5.11. The molecule has 2 aliphatic heterocycles. The van der Waals surface area contributed by atoms with E-state index in [2.05, 4.69) is 9.80 Å². The molecular formula is C13H24N2O2S. The van der Waals surface area contributed by atoms with Crippen LogP contribution in [0.15, 0.2) is 0 Å². The summed E-state index contributed by atoms with van der Waals surface area (Å²) in [5.74, 6) is 2.41. The Balaban J connectivity index is 1.94. The third-order valence-corrected chi connectivity index (χ3v) is 4.89. The van der Waals surface area contributed by atoms with E-state index >= 15 is 0 Å². The summed E-state index contributed by atoms with van der Waals surface area (Å²) in [4.78, 5) is 16.7. The molecule has 0 N–H and O–H groups in total. The van der Waals surface area contributed by atoms with Crippen LogP contribution in [0.5, 0.6) is 0 Å². The van der Waals surface area contributed by atoms with Crippen molar-refractivity contribution in [3.63, 3.8) is 0 Å². The first kappa shape index (κ1) is 14.2. The Morgan fingerprint density at radius 1 is 1.28 bits per heavy atom. The number of ether oxygens (including phenoxy) is 1. The predicted octanol–water partition coefficient (Wildman–Crippen LogP) is 1.06. The van der Waals surface area contributed by atoms with Crippen LogP contribution in [0.4, 0.5) is 0 Å². The molecule has 0 bridgehead atoms. The molecule has 1 unspecified atom stereocenters. The number of likely N-dealkylation sites (tertiary alicyclic amines) is 1. The minimum absolute atomic E-state index is 0.157. The smallest absolute Gasteiger partial charge is 0.248 e. The van der Waals surface area contributed by atoms with Crippen LogP contribution in [-0.2, 0) is 9.53 Å². The van der Waals surface area contributed by atoms with Crippen LogP contribution in [0.3, 0.4) is 0 Å². The van der Waals surface area contributed by atoms with Crippen molar-refractivity contribution in [3.05, 3.63) is 0 Å². The maximum atomic E-state index is 12.1. The SMILES string of the molecule is COCC(=O)N1CCCSCC1CN1CCCC1. The summed E-state index contributed by atoms with van der Waals surface area (Å²) in [6, 6.07) is 0.373. The van der Waals surface area contributed by atoms with Crippen molar-refractivity contribution in [2.24, 2.45) is 0 Å². The van der Waals surface area contributed by atoms with Crippen LogP contribution in [0.1, 0.15) is 19.3 Å². The van der Waals surface area contributed by atoms with E-state index < -0.39 is 0 Å². The molecule has 0 aromatic carbocycles. The molecule has 2 heterocycles. The van der Waals surface area contributed by atoms with E-state index in [1.165, 1.54) is 31.7 Å². The van der Waals surface area contributed by atoms with Crippen LogP contribution in [0.25, 0.3) is 0 Å². The number of rotatable bonds is 4. The highest BCUT2D eigenvalue weighted by atomic mass is 32.2. The molecule has 0 aliphatic carbocycles. The second-order valence-corrected chi connectivity index (χ2v) is 6.26. The molecule has 0 radical (unpaired) electrons. The van der Waals surface area contributed by atoms with Gasteiger partial charge in [0.05, 0.1) is 6.04 Å². The van der Waals surface area contributed by atoms with E-state index in [0.717, 1.165) is 25.3 Å². The lowest BCUT2D eigenvalue weighted by atomic mass is 10.2. The summed E-state index contributed by atoms with van der Waals surface area (Å²) in [5.41, 5.74) is 0. The number of nitrogens with zero attached hydrogens (tertiary/aromatic N) is 2. The summed E-state index contributed by atoms with van der Waals surface area (Å²) in [7, 11) is 1.60. The van der Waals surface area contributed by atoms with Crippen LogP contribution < -0.4 is 0 Å². The largest absolute Gasteiger partial charge is 0.375 e. The number of thioether (sulfide) groups is 1. The Bertz CT molecular complexity index is 270. The van der Waals surface area contributed by atoms with Gasteiger partial charge in [0.2, 0.25) is 5.91 Å². The number of amides is 1. The van der Waals surface area contributed by atoms with E-state index in [0.29, 0.717) is 6.04 Å². The van der Waals surface area contributed by atoms with Gasteiger partial charge in [0.25, 0.3) is 0 Å². The zero-order chi connectivity index (χ0) is 12.8. The molecule has 0 aromatic rings. The Morgan fingerprint density at radius 2 is 2.06 bits per heavy atom. The molecule has 18 heavy (non-hydrogen) atoms. The van der Waals surface area contributed by atoms with Crippen molar-refractivity contribution in [2.75, 3.05) is 51.4 Å². The quantitative estimate of drug-likeness (QED) is 0.766. The first-order valence-electron chi connectivity index (χ1n) is 6.90. The van der Waals surface area contributed by atoms with Gasteiger partial charge in [-0.1, -0.05) is 0 Å². The lowest BCUT2D eigenvalue weighted by molar-refractivity contribution is -0.137. The topological polar surface area (TPSA) is 32.8 Å². The highest BCUT2D eigenvalue weighted by Gasteiger charge is 2.27. The molecule has 1 amide bonds. The van der Waals surface area contributed by atoms with Gasteiger partial charge >= 0.3 is 0 Å². The fourth-order valence-corrected chi connectivity index (χ4v) is 3.84. The number of carbonyl (C=O) groups excluding carboxylic acids is 1. The summed E-state index contributed by atoms with van der Waals surface area (Å²) in [6.45, 7) is 4.57. The van der Waals surface area contributed by atoms with E-state index in [4.69, 9.17) is 4.74 Å². The van der Waals surface area contributed by atoms with Gasteiger partial charge in [-0.15, -0.1) is 0 Å². The molecule has 0 aromatic heterocycles. The van der Waals surface area contributed by atoms with Gasteiger partial charge in [0, 0.05) is 26.0 Å². The molecule has 1 atom stereocenters. The summed E-state index contributed by atoms with van der Waals surface area (Å²) in [5, 5.41) is 0. The highest BCUT2D eigenvalue weighted by molar-refractivity contribution is 7.99. The normalized spacial score (nSPS) is 26.3. The van der Waals surface area contributed by atoms with Gasteiger partial charge in [-0.3, -0.25) is 4.79 Å². The molecule has 2 saturated heterocycles. The summed E-state index contributed by atoms with van der Waals surface area (Å²) < 4.78 is 5.00. The Kier molecular flexibility index (Phi) is 5.79. The molecule has 4 nitrogen and oxygen atoms in total. The van der Waals surface area contributed by atoms with Crippen molar-refractivity contribution in [1.29, 1.82) is 0 Å². The molecule has 0 spiro atoms. The Hall–Kier alpha value is -0.260. The zero-order valence-corrected chi connectivity index (χ0v) is 12.1. The van der Waals surface area contributed by atoms with Crippen LogP contribution in [0.2, 0.25) is 0 Å². The lowest BCUT2D eigenvalue weighted by Gasteiger charge is -2.32. The van der Waals surface area contributed by atoms with E-state index in [1.54, 1.807) is 7.11 Å². The first-order chi connectivity index (χ1) is 8.81. The van der Waals surface area contributed by atoms with Crippen molar-refractivity contribution in [3.8, 4) is 0 Å². The minimum Gasteiger partial charge on any atom is -0.375 e.